The minimum atomic E-state index is -0.714. The number of fused-ring (bicyclic) bond motifs is 3. The Balaban J connectivity index is 1.75. The van der Waals surface area contributed by atoms with E-state index >= 15 is 0 Å². The molecule has 4 aliphatic rings. The largest absolute Gasteiger partial charge is 0.508 e. The number of amides is 2. The molecule has 1 N–H and O–H groups in total. The van der Waals surface area contributed by atoms with Crippen molar-refractivity contribution < 1.29 is 33.8 Å². The van der Waals surface area contributed by atoms with E-state index in [0.717, 1.165) is 5.57 Å². The Morgan fingerprint density at radius 1 is 1.03 bits per heavy atom. The van der Waals surface area contributed by atoms with E-state index in [1.165, 1.54) is 37.3 Å². The number of aromatic hydroxyl groups is 1. The summed E-state index contributed by atoms with van der Waals surface area (Å²) >= 11 is 0. The van der Waals surface area contributed by atoms with Crippen LogP contribution in [0.3, 0.4) is 0 Å². The van der Waals surface area contributed by atoms with Crippen LogP contribution in [0.5, 0.6) is 17.2 Å². The van der Waals surface area contributed by atoms with Crippen LogP contribution in [0, 0.1) is 17.8 Å². The van der Waals surface area contributed by atoms with Crippen LogP contribution in [0.15, 0.2) is 46.6 Å². The van der Waals surface area contributed by atoms with Gasteiger partial charge in [-0.1, -0.05) is 18.6 Å². The van der Waals surface area contributed by atoms with Gasteiger partial charge in [-0.25, -0.2) is 0 Å². The first-order chi connectivity index (χ1) is 17.2. The minimum absolute atomic E-state index is 0.0692. The molecule has 0 radical (unpaired) electrons. The molecule has 0 aromatic heterocycles. The maximum atomic E-state index is 13.5. The minimum Gasteiger partial charge on any atom is -0.508 e. The molecule has 188 valence electrons. The molecule has 1 aliphatic heterocycles. The first kappa shape index (κ1) is 24.0. The maximum Gasteiger partial charge on any atom is 0.233 e. The first-order valence-corrected chi connectivity index (χ1v) is 12.2. The van der Waals surface area contributed by atoms with Gasteiger partial charge in [0.05, 0.1) is 26.1 Å². The highest BCUT2D eigenvalue weighted by Crippen LogP contribution is 2.57. The number of nitrogens with zero attached hydrogens (tertiary/aromatic N) is 1. The predicted octanol–water partition coefficient (Wildman–Crippen LogP) is 3.25. The van der Waals surface area contributed by atoms with Gasteiger partial charge in [0.15, 0.2) is 11.6 Å². The van der Waals surface area contributed by atoms with Crippen molar-refractivity contribution in [3.8, 4) is 17.2 Å². The van der Waals surface area contributed by atoms with Gasteiger partial charge in [0, 0.05) is 46.9 Å². The van der Waals surface area contributed by atoms with Crippen LogP contribution in [0.4, 0.5) is 0 Å². The summed E-state index contributed by atoms with van der Waals surface area (Å²) in [5, 5.41) is 10.2. The number of allylic oxidation sites excluding steroid dienone is 6. The molecule has 0 saturated carbocycles. The molecule has 1 saturated heterocycles. The Bertz CT molecular complexity index is 1280. The number of rotatable bonds is 5. The molecule has 0 unspecified atom stereocenters. The molecule has 1 aromatic rings. The maximum absolute atomic E-state index is 13.5. The molecule has 8 nitrogen and oxygen atoms in total. The third kappa shape index (κ3) is 3.34. The smallest absolute Gasteiger partial charge is 0.233 e. The predicted molar refractivity (Wildman–Crippen MR) is 130 cm³/mol. The highest BCUT2D eigenvalue weighted by atomic mass is 16.5. The Kier molecular flexibility index (Phi) is 5.85. The summed E-state index contributed by atoms with van der Waals surface area (Å²) in [7, 11) is 2.91. The van der Waals surface area contributed by atoms with Crippen molar-refractivity contribution in [2.75, 3.05) is 20.8 Å². The second kappa shape index (κ2) is 8.76. The molecule has 0 spiro atoms. The van der Waals surface area contributed by atoms with Gasteiger partial charge in [0.2, 0.25) is 11.8 Å². The lowest BCUT2D eigenvalue weighted by Gasteiger charge is -2.42. The Morgan fingerprint density at radius 3 is 2.31 bits per heavy atom. The number of ketones is 2. The lowest BCUT2D eigenvalue weighted by molar-refractivity contribution is -0.140. The fourth-order valence-corrected chi connectivity index (χ4v) is 6.43. The summed E-state index contributed by atoms with van der Waals surface area (Å²) in [6.45, 7) is 3.90. The van der Waals surface area contributed by atoms with Gasteiger partial charge >= 0.3 is 0 Å². The van der Waals surface area contributed by atoms with Gasteiger partial charge in [0.25, 0.3) is 0 Å². The van der Waals surface area contributed by atoms with Gasteiger partial charge < -0.3 is 14.6 Å². The van der Waals surface area contributed by atoms with E-state index in [4.69, 9.17) is 9.47 Å². The van der Waals surface area contributed by atoms with Crippen molar-refractivity contribution in [3.63, 3.8) is 0 Å². The van der Waals surface area contributed by atoms with Crippen LogP contribution < -0.4 is 9.47 Å². The second-order valence-corrected chi connectivity index (χ2v) is 9.82. The highest BCUT2D eigenvalue weighted by molar-refractivity contribution is 6.23. The normalized spacial score (nSPS) is 27.4. The highest BCUT2D eigenvalue weighted by Gasteiger charge is 2.56. The number of imide groups is 1. The van der Waals surface area contributed by atoms with E-state index in [1.807, 2.05) is 13.0 Å². The molecule has 36 heavy (non-hydrogen) atoms. The number of carbonyl (C=O) groups excluding carboxylic acids is 4. The number of hydrogen-bond acceptors (Lipinski definition) is 7. The van der Waals surface area contributed by atoms with Gasteiger partial charge in [-0.3, -0.25) is 24.1 Å². The third-order valence-electron chi connectivity index (χ3n) is 7.92. The number of likely N-dealkylation sites (tertiary alicyclic amines) is 1. The molecular weight excluding hydrogens is 462 g/mol. The average Bonchev–Trinajstić information content (AvgIpc) is 3.10. The quantitative estimate of drug-likeness (QED) is 0.382. The fourth-order valence-electron chi connectivity index (χ4n) is 6.43. The average molecular weight is 492 g/mol. The molecule has 8 heteroatoms. The number of methoxy groups -OCH3 is 2. The summed E-state index contributed by atoms with van der Waals surface area (Å²) in [6.07, 6.45) is 4.57. The molecule has 2 amide bonds. The van der Waals surface area contributed by atoms with Crippen LogP contribution in [-0.4, -0.2) is 54.2 Å². The third-order valence-corrected chi connectivity index (χ3v) is 7.92. The van der Waals surface area contributed by atoms with Gasteiger partial charge in [-0.15, -0.1) is 0 Å². The zero-order chi connectivity index (χ0) is 25.9. The molecule has 1 heterocycles. The van der Waals surface area contributed by atoms with Crippen LogP contribution in [-0.2, 0) is 19.2 Å². The number of hydrogen-bond donors (Lipinski definition) is 1. The Labute approximate surface area is 209 Å². The number of carbonyl (C=O) groups is 4. The second-order valence-electron chi connectivity index (χ2n) is 9.82. The van der Waals surface area contributed by atoms with E-state index < -0.39 is 23.7 Å². The molecular formula is C28H29NO7. The van der Waals surface area contributed by atoms with Crippen LogP contribution in [0.25, 0.3) is 0 Å². The SMILES string of the molecule is CCCN1C(=O)[C@H]2[C@H](CC=C3[C@H](c4c(OC)cc(O)cc4OC)C4=C(C[C@H]32)C(=O)C(C)=CC4=O)C1=O. The monoisotopic (exact) mass is 491 g/mol. The number of benzene rings is 1. The van der Waals surface area contributed by atoms with Crippen molar-refractivity contribution in [2.45, 2.75) is 39.0 Å². The number of phenols is 1. The van der Waals surface area contributed by atoms with E-state index in [2.05, 4.69) is 0 Å². The molecule has 1 fully saturated rings. The van der Waals surface area contributed by atoms with Crippen molar-refractivity contribution >= 4 is 23.4 Å². The van der Waals surface area contributed by atoms with Gasteiger partial charge in [-0.05, 0) is 38.2 Å². The molecule has 1 aromatic carbocycles. The lowest BCUT2D eigenvalue weighted by atomic mass is 9.59. The summed E-state index contributed by atoms with van der Waals surface area (Å²) in [6, 6.07) is 2.88. The Hall–Kier alpha value is -3.68. The summed E-state index contributed by atoms with van der Waals surface area (Å²) in [5.41, 5.74) is 2.39. The summed E-state index contributed by atoms with van der Waals surface area (Å²) in [5.74, 6) is -2.54. The van der Waals surface area contributed by atoms with Crippen LogP contribution in [0.2, 0.25) is 0 Å². The summed E-state index contributed by atoms with van der Waals surface area (Å²) in [4.78, 5) is 54.8. The van der Waals surface area contributed by atoms with E-state index in [-0.39, 0.29) is 35.6 Å². The molecule has 4 atom stereocenters. The Morgan fingerprint density at radius 2 is 1.69 bits per heavy atom. The zero-order valence-electron chi connectivity index (χ0n) is 20.8. The molecule has 0 bridgehead atoms. The topological polar surface area (TPSA) is 110 Å². The van der Waals surface area contributed by atoms with Gasteiger partial charge in [0.1, 0.15) is 17.2 Å². The first-order valence-electron chi connectivity index (χ1n) is 12.2. The van der Waals surface area contributed by atoms with E-state index in [0.29, 0.717) is 53.2 Å². The number of phenolic OH excluding ortho intramolecular Hbond substituents is 1. The van der Waals surface area contributed by atoms with Crippen LogP contribution >= 0.6 is 0 Å². The van der Waals surface area contributed by atoms with E-state index in [1.54, 1.807) is 6.92 Å². The fraction of sp³-hybridized carbons (Fsp3) is 0.429. The van der Waals surface area contributed by atoms with Crippen LogP contribution in [0.1, 0.15) is 44.6 Å². The molecule has 3 aliphatic carbocycles. The lowest BCUT2D eigenvalue weighted by Crippen LogP contribution is -2.40. The van der Waals surface area contributed by atoms with Crippen molar-refractivity contribution in [2.24, 2.45) is 17.8 Å². The zero-order valence-corrected chi connectivity index (χ0v) is 20.8. The standard InChI is InChI=1S/C28H29NO7/c1-5-8-29-27(33)16-7-6-15-17(22(16)28(29)34)12-18-23(19(31)9-13(2)26(18)32)24(15)25-20(35-3)10-14(30)11-21(25)36-4/h6,9-11,16-17,22,24,30H,5,7-8,12H2,1-4H3/t16-,17+,22-,24-/m0/s1. The van der Waals surface area contributed by atoms with Gasteiger partial charge in [-0.2, -0.15) is 0 Å². The number of Topliss-reactive ketones (excluding diaryl/α,β-unsaturated/α-hetero) is 1. The van der Waals surface area contributed by atoms with Crippen molar-refractivity contribution in [1.29, 1.82) is 0 Å². The van der Waals surface area contributed by atoms with Crippen molar-refractivity contribution in [3.05, 3.63) is 52.1 Å². The summed E-state index contributed by atoms with van der Waals surface area (Å²) < 4.78 is 11.2. The number of ether oxygens (including phenoxy) is 2. The van der Waals surface area contributed by atoms with E-state index in [9.17, 15) is 24.3 Å². The molecule has 5 rings (SSSR count). The van der Waals surface area contributed by atoms with Crippen molar-refractivity contribution in [1.82, 2.24) is 4.90 Å².